The monoisotopic (exact) mass is 338 g/mol. The molecule has 4 nitrogen and oxygen atoms in total. The Hall–Kier alpha value is -2.31. The number of unbranched alkanes of at least 4 members (excludes halogenated alkanes) is 2. The topological polar surface area (TPSA) is 49.8 Å². The van der Waals surface area contributed by atoms with Gasteiger partial charge in [0.05, 0.1) is 5.56 Å². The molecule has 0 radical (unpaired) electrons. The highest BCUT2D eigenvalue weighted by Crippen LogP contribution is 2.30. The molecule has 7 heteroatoms. The normalized spacial score (nSPS) is 11.4. The zero-order chi connectivity index (χ0) is 17.6. The molecule has 0 bridgehead atoms. The molecule has 0 saturated heterocycles. The van der Waals surface area contributed by atoms with E-state index in [0.717, 1.165) is 43.6 Å². The fraction of sp³-hybridized carbons (Fsp3) is 0.412. The molecule has 0 aliphatic heterocycles. The molecule has 1 aromatic carbocycles. The predicted molar refractivity (Wildman–Crippen MR) is 89.5 cm³/mol. The van der Waals surface area contributed by atoms with E-state index in [0.29, 0.717) is 17.5 Å². The van der Waals surface area contributed by atoms with Gasteiger partial charge in [0.2, 0.25) is 5.95 Å². The molecular formula is C17H21F3N4. The van der Waals surface area contributed by atoms with E-state index in [9.17, 15) is 13.2 Å². The van der Waals surface area contributed by atoms with Gasteiger partial charge >= 0.3 is 6.18 Å². The summed E-state index contributed by atoms with van der Waals surface area (Å²) in [6.07, 6.45) is -1.03. The van der Waals surface area contributed by atoms with Gasteiger partial charge in [-0.3, -0.25) is 0 Å². The lowest BCUT2D eigenvalue weighted by Crippen LogP contribution is -2.08. The van der Waals surface area contributed by atoms with Crippen LogP contribution in [-0.4, -0.2) is 16.5 Å². The molecule has 1 aromatic heterocycles. The Kier molecular flexibility index (Phi) is 6.00. The average Bonchev–Trinajstić information content (AvgIpc) is 2.51. The number of aromatic nitrogens is 2. The zero-order valence-electron chi connectivity index (χ0n) is 13.7. The van der Waals surface area contributed by atoms with Crippen molar-refractivity contribution in [2.45, 2.75) is 39.3 Å². The number of halogens is 3. The van der Waals surface area contributed by atoms with Crippen molar-refractivity contribution in [3.05, 3.63) is 41.6 Å². The van der Waals surface area contributed by atoms with Crippen molar-refractivity contribution in [1.29, 1.82) is 0 Å². The standard InChI is InChI=1S/C17H21F3N4/c1-3-4-5-10-21-16-22-12(2)11-15(24-16)23-14-8-6-13(7-9-14)17(18,19)20/h6-9,11H,3-5,10H2,1-2H3,(H2,21,22,23,24). The fourth-order valence-corrected chi connectivity index (χ4v) is 2.18. The highest BCUT2D eigenvalue weighted by molar-refractivity contribution is 5.58. The van der Waals surface area contributed by atoms with Gasteiger partial charge in [-0.15, -0.1) is 0 Å². The third-order valence-electron chi connectivity index (χ3n) is 3.40. The molecule has 0 fully saturated rings. The predicted octanol–water partition coefficient (Wildman–Crippen LogP) is 5.15. The van der Waals surface area contributed by atoms with Gasteiger partial charge in [-0.2, -0.15) is 18.2 Å². The van der Waals surface area contributed by atoms with Crippen LogP contribution in [0.3, 0.4) is 0 Å². The SMILES string of the molecule is CCCCCNc1nc(C)cc(Nc2ccc(C(F)(F)F)cc2)n1. The van der Waals surface area contributed by atoms with E-state index in [1.54, 1.807) is 6.07 Å². The Morgan fingerprint density at radius 1 is 1.04 bits per heavy atom. The number of rotatable bonds is 7. The molecule has 0 unspecified atom stereocenters. The van der Waals surface area contributed by atoms with Crippen LogP contribution in [0.1, 0.15) is 37.4 Å². The minimum atomic E-state index is -4.33. The molecule has 24 heavy (non-hydrogen) atoms. The summed E-state index contributed by atoms with van der Waals surface area (Å²) in [4.78, 5) is 8.65. The van der Waals surface area contributed by atoms with Crippen LogP contribution in [0.25, 0.3) is 0 Å². The molecule has 130 valence electrons. The van der Waals surface area contributed by atoms with Crippen LogP contribution in [-0.2, 0) is 6.18 Å². The highest BCUT2D eigenvalue weighted by atomic mass is 19.4. The summed E-state index contributed by atoms with van der Waals surface area (Å²) in [6, 6.07) is 6.60. The van der Waals surface area contributed by atoms with Gasteiger partial charge in [-0.1, -0.05) is 19.8 Å². The third kappa shape index (κ3) is 5.40. The second-order valence-corrected chi connectivity index (χ2v) is 5.55. The van der Waals surface area contributed by atoms with Gasteiger partial charge in [0.15, 0.2) is 0 Å². The van der Waals surface area contributed by atoms with E-state index >= 15 is 0 Å². The number of aryl methyl sites for hydroxylation is 1. The number of hydrogen-bond acceptors (Lipinski definition) is 4. The summed E-state index contributed by atoms with van der Waals surface area (Å²) >= 11 is 0. The van der Waals surface area contributed by atoms with E-state index < -0.39 is 11.7 Å². The number of benzene rings is 1. The van der Waals surface area contributed by atoms with Crippen LogP contribution in [0.4, 0.5) is 30.6 Å². The molecule has 2 rings (SSSR count). The molecule has 0 amide bonds. The largest absolute Gasteiger partial charge is 0.416 e. The lowest BCUT2D eigenvalue weighted by Gasteiger charge is -2.11. The van der Waals surface area contributed by atoms with Crippen molar-refractivity contribution < 1.29 is 13.2 Å². The smallest absolute Gasteiger partial charge is 0.354 e. The van der Waals surface area contributed by atoms with Crippen LogP contribution in [0.5, 0.6) is 0 Å². The Morgan fingerprint density at radius 2 is 1.75 bits per heavy atom. The average molecular weight is 338 g/mol. The Morgan fingerprint density at radius 3 is 2.38 bits per heavy atom. The number of nitrogens with one attached hydrogen (secondary N) is 2. The zero-order valence-corrected chi connectivity index (χ0v) is 13.7. The summed E-state index contributed by atoms with van der Waals surface area (Å²) < 4.78 is 37.7. The Balaban J connectivity index is 2.05. The Bertz CT molecular complexity index is 654. The second kappa shape index (κ2) is 7.99. The van der Waals surface area contributed by atoms with Gasteiger partial charge in [-0.25, -0.2) is 4.98 Å². The van der Waals surface area contributed by atoms with Crippen molar-refractivity contribution in [2.75, 3.05) is 17.2 Å². The molecular weight excluding hydrogens is 317 g/mol. The maximum atomic E-state index is 12.6. The maximum absolute atomic E-state index is 12.6. The fourth-order valence-electron chi connectivity index (χ4n) is 2.18. The third-order valence-corrected chi connectivity index (χ3v) is 3.40. The van der Waals surface area contributed by atoms with Gasteiger partial charge in [0, 0.05) is 24.0 Å². The summed E-state index contributed by atoms with van der Waals surface area (Å²) in [6.45, 7) is 4.77. The second-order valence-electron chi connectivity index (χ2n) is 5.55. The van der Waals surface area contributed by atoms with E-state index in [2.05, 4.69) is 27.5 Å². The van der Waals surface area contributed by atoms with Crippen LogP contribution in [0.15, 0.2) is 30.3 Å². The molecule has 2 N–H and O–H groups in total. The summed E-state index contributed by atoms with van der Waals surface area (Å²) in [5.41, 5.74) is 0.639. The highest BCUT2D eigenvalue weighted by Gasteiger charge is 2.29. The van der Waals surface area contributed by atoms with E-state index in [4.69, 9.17) is 0 Å². The molecule has 0 aliphatic rings. The van der Waals surface area contributed by atoms with Gasteiger partial charge in [0.1, 0.15) is 5.82 Å². The van der Waals surface area contributed by atoms with Crippen molar-refractivity contribution >= 4 is 17.5 Å². The summed E-state index contributed by atoms with van der Waals surface area (Å²) in [7, 11) is 0. The number of anilines is 3. The molecule has 2 aromatic rings. The van der Waals surface area contributed by atoms with Crippen molar-refractivity contribution in [2.24, 2.45) is 0 Å². The van der Waals surface area contributed by atoms with Crippen molar-refractivity contribution in [3.8, 4) is 0 Å². The van der Waals surface area contributed by atoms with E-state index in [-0.39, 0.29) is 0 Å². The van der Waals surface area contributed by atoms with Crippen molar-refractivity contribution in [1.82, 2.24) is 9.97 Å². The van der Waals surface area contributed by atoms with Crippen LogP contribution in [0.2, 0.25) is 0 Å². The van der Waals surface area contributed by atoms with Crippen LogP contribution < -0.4 is 10.6 Å². The van der Waals surface area contributed by atoms with Gasteiger partial charge < -0.3 is 10.6 Å². The minimum Gasteiger partial charge on any atom is -0.354 e. The summed E-state index contributed by atoms with van der Waals surface area (Å²) in [5, 5.41) is 6.17. The lowest BCUT2D eigenvalue weighted by atomic mass is 10.2. The van der Waals surface area contributed by atoms with Gasteiger partial charge in [-0.05, 0) is 37.6 Å². The minimum absolute atomic E-state index is 0.514. The first kappa shape index (κ1) is 18.0. The molecule has 1 heterocycles. The quantitative estimate of drug-likeness (QED) is 0.686. The first-order valence-corrected chi connectivity index (χ1v) is 7.92. The molecule has 0 aliphatic carbocycles. The lowest BCUT2D eigenvalue weighted by molar-refractivity contribution is -0.137. The van der Waals surface area contributed by atoms with Crippen LogP contribution >= 0.6 is 0 Å². The molecule has 0 spiro atoms. The first-order chi connectivity index (χ1) is 11.4. The van der Waals surface area contributed by atoms with E-state index in [1.807, 2.05) is 6.92 Å². The van der Waals surface area contributed by atoms with E-state index in [1.165, 1.54) is 12.1 Å². The molecule has 0 saturated carbocycles. The van der Waals surface area contributed by atoms with Crippen LogP contribution in [0, 0.1) is 6.92 Å². The number of nitrogens with zero attached hydrogens (tertiary/aromatic N) is 2. The maximum Gasteiger partial charge on any atom is 0.416 e. The number of hydrogen-bond donors (Lipinski definition) is 2. The Labute approximate surface area is 139 Å². The van der Waals surface area contributed by atoms with Gasteiger partial charge in [0.25, 0.3) is 0 Å². The van der Waals surface area contributed by atoms with Crippen molar-refractivity contribution in [3.63, 3.8) is 0 Å². The molecule has 0 atom stereocenters. The number of alkyl halides is 3. The first-order valence-electron chi connectivity index (χ1n) is 7.92. The summed E-state index contributed by atoms with van der Waals surface area (Å²) in [5.74, 6) is 1.06.